The Hall–Kier alpha value is -0.210. The SMILES string of the molecule is Cc1cc(OCC(C)CBr)cc(C)c1Cl. The maximum Gasteiger partial charge on any atom is 0.119 e. The average Bonchev–Trinajstić information content (AvgIpc) is 2.22. The molecule has 0 spiro atoms. The molecule has 84 valence electrons. The third-order valence-corrected chi connectivity index (χ3v) is 3.91. The predicted molar refractivity (Wildman–Crippen MR) is 69.4 cm³/mol. The predicted octanol–water partition coefficient (Wildman–Crippen LogP) is 4.37. The second-order valence-corrected chi connectivity index (χ2v) is 4.97. The van der Waals surface area contributed by atoms with E-state index in [1.165, 1.54) is 0 Å². The fourth-order valence-corrected chi connectivity index (χ4v) is 1.57. The van der Waals surface area contributed by atoms with Gasteiger partial charge in [-0.15, -0.1) is 0 Å². The van der Waals surface area contributed by atoms with Crippen molar-refractivity contribution >= 4 is 27.5 Å². The van der Waals surface area contributed by atoms with Gasteiger partial charge < -0.3 is 4.74 Å². The molecule has 0 bridgehead atoms. The first kappa shape index (κ1) is 12.9. The molecule has 1 nitrogen and oxygen atoms in total. The van der Waals surface area contributed by atoms with Crippen molar-refractivity contribution < 1.29 is 4.74 Å². The van der Waals surface area contributed by atoms with Crippen molar-refractivity contribution in [2.24, 2.45) is 5.92 Å². The standard InChI is InChI=1S/C12H16BrClO/c1-8(6-13)7-15-11-4-9(2)12(14)10(3)5-11/h4-5,8H,6-7H2,1-3H3. The zero-order valence-corrected chi connectivity index (χ0v) is 11.7. The molecule has 0 aliphatic rings. The van der Waals surface area contributed by atoms with E-state index in [0.717, 1.165) is 33.8 Å². The summed E-state index contributed by atoms with van der Waals surface area (Å²) in [6, 6.07) is 3.96. The molecule has 0 aliphatic carbocycles. The largest absolute Gasteiger partial charge is 0.493 e. The first-order chi connectivity index (χ1) is 7.04. The Bertz CT molecular complexity index is 315. The van der Waals surface area contributed by atoms with E-state index in [4.69, 9.17) is 16.3 Å². The van der Waals surface area contributed by atoms with E-state index in [2.05, 4.69) is 22.9 Å². The van der Waals surface area contributed by atoms with Crippen molar-refractivity contribution in [2.45, 2.75) is 20.8 Å². The lowest BCUT2D eigenvalue weighted by Gasteiger charge is -2.12. The Morgan fingerprint density at radius 1 is 1.33 bits per heavy atom. The van der Waals surface area contributed by atoms with Crippen molar-refractivity contribution in [3.8, 4) is 5.75 Å². The number of alkyl halides is 1. The zero-order chi connectivity index (χ0) is 11.4. The Morgan fingerprint density at radius 2 is 1.87 bits per heavy atom. The third kappa shape index (κ3) is 3.69. The number of ether oxygens (including phenoxy) is 1. The maximum atomic E-state index is 6.08. The van der Waals surface area contributed by atoms with Gasteiger partial charge in [0.2, 0.25) is 0 Å². The summed E-state index contributed by atoms with van der Waals surface area (Å²) in [4.78, 5) is 0. The molecule has 15 heavy (non-hydrogen) atoms. The summed E-state index contributed by atoms with van der Waals surface area (Å²) >= 11 is 9.50. The Labute approximate surface area is 105 Å². The molecule has 3 heteroatoms. The van der Waals surface area contributed by atoms with Gasteiger partial charge in [-0.3, -0.25) is 0 Å². The molecule has 0 saturated heterocycles. The molecule has 0 aliphatic heterocycles. The van der Waals surface area contributed by atoms with Gasteiger partial charge >= 0.3 is 0 Å². The number of hydrogen-bond acceptors (Lipinski definition) is 1. The van der Waals surface area contributed by atoms with Crippen LogP contribution in [0.1, 0.15) is 18.1 Å². The van der Waals surface area contributed by atoms with Gasteiger partial charge in [-0.1, -0.05) is 34.5 Å². The van der Waals surface area contributed by atoms with Crippen LogP contribution in [-0.2, 0) is 0 Å². The maximum absolute atomic E-state index is 6.08. The van der Waals surface area contributed by atoms with Gasteiger partial charge in [0.15, 0.2) is 0 Å². The van der Waals surface area contributed by atoms with Crippen molar-refractivity contribution in [1.82, 2.24) is 0 Å². The molecule has 0 N–H and O–H groups in total. The highest BCUT2D eigenvalue weighted by atomic mass is 79.9. The molecule has 0 radical (unpaired) electrons. The Morgan fingerprint density at radius 3 is 2.33 bits per heavy atom. The lowest BCUT2D eigenvalue weighted by atomic mass is 10.1. The Balaban J connectivity index is 2.70. The molecule has 0 amide bonds. The van der Waals surface area contributed by atoms with Gasteiger partial charge in [0, 0.05) is 10.4 Å². The summed E-state index contributed by atoms with van der Waals surface area (Å²) in [5.74, 6) is 1.42. The fourth-order valence-electron chi connectivity index (χ4n) is 1.27. The van der Waals surface area contributed by atoms with Crippen LogP contribution in [0.15, 0.2) is 12.1 Å². The molecule has 0 heterocycles. The first-order valence-corrected chi connectivity index (χ1v) is 6.50. The van der Waals surface area contributed by atoms with Gasteiger partial charge in [-0.05, 0) is 43.0 Å². The van der Waals surface area contributed by atoms with Gasteiger partial charge in [-0.25, -0.2) is 0 Å². The fraction of sp³-hybridized carbons (Fsp3) is 0.500. The van der Waals surface area contributed by atoms with Crippen LogP contribution in [0.25, 0.3) is 0 Å². The van der Waals surface area contributed by atoms with Crippen LogP contribution in [0.2, 0.25) is 5.02 Å². The normalized spacial score (nSPS) is 12.6. The molecule has 1 aromatic rings. The molecule has 1 rings (SSSR count). The van der Waals surface area contributed by atoms with Crippen LogP contribution >= 0.6 is 27.5 Å². The minimum Gasteiger partial charge on any atom is -0.493 e. The molecule has 1 aromatic carbocycles. The van der Waals surface area contributed by atoms with Crippen molar-refractivity contribution in [3.63, 3.8) is 0 Å². The highest BCUT2D eigenvalue weighted by Gasteiger charge is 2.05. The smallest absolute Gasteiger partial charge is 0.119 e. The quantitative estimate of drug-likeness (QED) is 0.749. The van der Waals surface area contributed by atoms with E-state index in [1.54, 1.807) is 0 Å². The lowest BCUT2D eigenvalue weighted by Crippen LogP contribution is -2.09. The summed E-state index contributed by atoms with van der Waals surface area (Å²) in [5.41, 5.74) is 2.14. The number of aryl methyl sites for hydroxylation is 2. The van der Waals surface area contributed by atoms with Crippen molar-refractivity contribution in [1.29, 1.82) is 0 Å². The van der Waals surface area contributed by atoms with Crippen LogP contribution in [-0.4, -0.2) is 11.9 Å². The van der Waals surface area contributed by atoms with Gasteiger partial charge in [0.05, 0.1) is 6.61 Å². The van der Waals surface area contributed by atoms with Crippen LogP contribution < -0.4 is 4.74 Å². The number of hydrogen-bond donors (Lipinski definition) is 0. The zero-order valence-electron chi connectivity index (χ0n) is 9.31. The van der Waals surface area contributed by atoms with E-state index < -0.39 is 0 Å². The van der Waals surface area contributed by atoms with Crippen LogP contribution in [0, 0.1) is 19.8 Å². The topological polar surface area (TPSA) is 9.23 Å². The summed E-state index contributed by atoms with van der Waals surface area (Å²) in [6.07, 6.45) is 0. The highest BCUT2D eigenvalue weighted by Crippen LogP contribution is 2.26. The number of benzene rings is 1. The van der Waals surface area contributed by atoms with E-state index in [-0.39, 0.29) is 0 Å². The van der Waals surface area contributed by atoms with Crippen LogP contribution in [0.3, 0.4) is 0 Å². The van der Waals surface area contributed by atoms with Gasteiger partial charge in [-0.2, -0.15) is 0 Å². The van der Waals surface area contributed by atoms with Crippen molar-refractivity contribution in [3.05, 3.63) is 28.3 Å². The number of halogens is 2. The second kappa shape index (κ2) is 5.76. The highest BCUT2D eigenvalue weighted by molar-refractivity contribution is 9.09. The van der Waals surface area contributed by atoms with Crippen LogP contribution in [0.5, 0.6) is 5.75 Å². The number of rotatable bonds is 4. The monoisotopic (exact) mass is 290 g/mol. The van der Waals surface area contributed by atoms with E-state index >= 15 is 0 Å². The first-order valence-electron chi connectivity index (χ1n) is 5.00. The van der Waals surface area contributed by atoms with Crippen LogP contribution in [0.4, 0.5) is 0 Å². The summed E-state index contributed by atoms with van der Waals surface area (Å²) in [5, 5.41) is 1.79. The van der Waals surface area contributed by atoms with Gasteiger partial charge in [0.25, 0.3) is 0 Å². The minimum atomic E-state index is 0.515. The molecule has 1 unspecified atom stereocenters. The van der Waals surface area contributed by atoms with Gasteiger partial charge in [0.1, 0.15) is 5.75 Å². The molecule has 0 aromatic heterocycles. The van der Waals surface area contributed by atoms with E-state index in [9.17, 15) is 0 Å². The summed E-state index contributed by atoms with van der Waals surface area (Å²) in [6.45, 7) is 6.86. The molecule has 1 atom stereocenters. The van der Waals surface area contributed by atoms with Crippen molar-refractivity contribution in [2.75, 3.05) is 11.9 Å². The second-order valence-electron chi connectivity index (χ2n) is 3.94. The molecule has 0 saturated carbocycles. The minimum absolute atomic E-state index is 0.515. The summed E-state index contributed by atoms with van der Waals surface area (Å²) < 4.78 is 5.69. The van der Waals surface area contributed by atoms with E-state index in [0.29, 0.717) is 5.92 Å². The Kier molecular flexibility index (Phi) is 4.94. The summed E-state index contributed by atoms with van der Waals surface area (Å²) in [7, 11) is 0. The average molecular weight is 292 g/mol. The third-order valence-electron chi connectivity index (χ3n) is 2.21. The molecular formula is C12H16BrClO. The lowest BCUT2D eigenvalue weighted by molar-refractivity contribution is 0.274. The van der Waals surface area contributed by atoms with E-state index in [1.807, 2.05) is 26.0 Å². The molecular weight excluding hydrogens is 275 g/mol. The molecule has 0 fully saturated rings.